The van der Waals surface area contributed by atoms with Crippen LogP contribution in [0, 0.1) is 6.92 Å². The van der Waals surface area contributed by atoms with Crippen LogP contribution in [-0.2, 0) is 14.8 Å². The average Bonchev–Trinajstić information content (AvgIpc) is 3.23. The maximum atomic E-state index is 13.7. The third-order valence-corrected chi connectivity index (χ3v) is 8.44. The highest BCUT2D eigenvalue weighted by atomic mass is 32.2. The zero-order chi connectivity index (χ0) is 27.8. The molecule has 2 amide bonds. The highest BCUT2D eigenvalue weighted by molar-refractivity contribution is 7.92. The van der Waals surface area contributed by atoms with Gasteiger partial charge in [0.2, 0.25) is 5.91 Å². The highest BCUT2D eigenvalue weighted by Crippen LogP contribution is 2.26. The number of likely N-dealkylation sites (tertiary alicyclic amines) is 1. The fourth-order valence-electron chi connectivity index (χ4n) is 4.57. The third kappa shape index (κ3) is 6.97. The van der Waals surface area contributed by atoms with E-state index in [-0.39, 0.29) is 10.8 Å². The summed E-state index contributed by atoms with van der Waals surface area (Å²) in [6.45, 7) is 5.11. The van der Waals surface area contributed by atoms with E-state index in [9.17, 15) is 18.0 Å². The second-order valence-electron chi connectivity index (χ2n) is 9.55. The largest absolute Gasteiger partial charge is 0.494 e. The van der Waals surface area contributed by atoms with Gasteiger partial charge in [0.25, 0.3) is 15.9 Å². The van der Waals surface area contributed by atoms with Gasteiger partial charge in [-0.25, -0.2) is 8.42 Å². The number of nitrogens with zero attached hydrogens (tertiary/aromatic N) is 2. The Balaban J connectivity index is 1.59. The van der Waals surface area contributed by atoms with Crippen molar-refractivity contribution in [3.63, 3.8) is 0 Å². The Bertz CT molecular complexity index is 1380. The minimum Gasteiger partial charge on any atom is -0.494 e. The van der Waals surface area contributed by atoms with E-state index in [2.05, 4.69) is 5.32 Å². The van der Waals surface area contributed by atoms with Crippen LogP contribution in [0.3, 0.4) is 0 Å². The first-order valence-electron chi connectivity index (χ1n) is 13.3. The molecule has 206 valence electrons. The quantitative estimate of drug-likeness (QED) is 0.394. The molecule has 3 aromatic carbocycles. The topological polar surface area (TPSA) is 96.0 Å². The van der Waals surface area contributed by atoms with E-state index in [0.717, 1.165) is 35.6 Å². The Hall–Kier alpha value is -3.85. The molecule has 1 saturated heterocycles. The van der Waals surface area contributed by atoms with Crippen molar-refractivity contribution in [2.24, 2.45) is 0 Å². The summed E-state index contributed by atoms with van der Waals surface area (Å²) >= 11 is 0. The Kier molecular flexibility index (Phi) is 9.24. The summed E-state index contributed by atoms with van der Waals surface area (Å²) in [5.74, 6) is -0.131. The number of amides is 2. The third-order valence-electron chi connectivity index (χ3n) is 6.66. The van der Waals surface area contributed by atoms with Crippen molar-refractivity contribution in [3.8, 4) is 5.75 Å². The van der Waals surface area contributed by atoms with Gasteiger partial charge in [0.1, 0.15) is 12.3 Å². The van der Waals surface area contributed by atoms with Crippen LogP contribution in [0.15, 0.2) is 77.7 Å². The molecule has 3 aromatic rings. The summed E-state index contributed by atoms with van der Waals surface area (Å²) in [5, 5.41) is 2.79. The molecule has 0 saturated carbocycles. The Labute approximate surface area is 230 Å². The van der Waals surface area contributed by atoms with E-state index < -0.39 is 22.5 Å². The van der Waals surface area contributed by atoms with Gasteiger partial charge in [0.15, 0.2) is 0 Å². The average molecular weight is 550 g/mol. The fourth-order valence-corrected chi connectivity index (χ4v) is 5.99. The molecule has 39 heavy (non-hydrogen) atoms. The molecule has 1 heterocycles. The van der Waals surface area contributed by atoms with Gasteiger partial charge >= 0.3 is 0 Å². The lowest BCUT2D eigenvalue weighted by Gasteiger charge is -2.25. The van der Waals surface area contributed by atoms with E-state index in [1.54, 1.807) is 60.7 Å². The maximum absolute atomic E-state index is 13.7. The van der Waals surface area contributed by atoms with Crippen LogP contribution in [0.5, 0.6) is 5.75 Å². The molecule has 1 fully saturated rings. The summed E-state index contributed by atoms with van der Waals surface area (Å²) in [4.78, 5) is 28.5. The lowest BCUT2D eigenvalue weighted by molar-refractivity contribution is -0.114. The van der Waals surface area contributed by atoms with E-state index in [1.807, 2.05) is 18.7 Å². The van der Waals surface area contributed by atoms with E-state index in [1.165, 1.54) is 12.1 Å². The normalized spacial score (nSPS) is 13.8. The molecule has 9 heteroatoms. The van der Waals surface area contributed by atoms with Gasteiger partial charge in [0, 0.05) is 13.1 Å². The monoisotopic (exact) mass is 549 g/mol. The number of benzene rings is 3. The summed E-state index contributed by atoms with van der Waals surface area (Å²) in [5.41, 5.74) is 2.07. The molecular weight excluding hydrogens is 514 g/mol. The maximum Gasteiger partial charge on any atom is 0.264 e. The molecule has 1 aliphatic heterocycles. The van der Waals surface area contributed by atoms with Gasteiger partial charge in [-0.05, 0) is 75.2 Å². The van der Waals surface area contributed by atoms with Crippen LogP contribution in [0.4, 0.5) is 11.4 Å². The van der Waals surface area contributed by atoms with Crippen molar-refractivity contribution >= 4 is 33.2 Å². The molecule has 1 aliphatic rings. The van der Waals surface area contributed by atoms with Crippen LogP contribution < -0.4 is 14.4 Å². The number of carbonyl (C=O) groups is 2. The van der Waals surface area contributed by atoms with Crippen LogP contribution >= 0.6 is 0 Å². The van der Waals surface area contributed by atoms with Crippen LogP contribution in [-0.4, -0.2) is 51.4 Å². The minimum absolute atomic E-state index is 0.0380. The summed E-state index contributed by atoms with van der Waals surface area (Å²) in [7, 11) is -4.09. The smallest absolute Gasteiger partial charge is 0.264 e. The van der Waals surface area contributed by atoms with Crippen molar-refractivity contribution in [2.75, 3.05) is 35.9 Å². The lowest BCUT2D eigenvalue weighted by atomic mass is 10.1. The first-order chi connectivity index (χ1) is 18.8. The van der Waals surface area contributed by atoms with Gasteiger partial charge in [0.05, 0.1) is 28.4 Å². The predicted molar refractivity (Wildman–Crippen MR) is 153 cm³/mol. The number of hydrogen-bond acceptors (Lipinski definition) is 5. The van der Waals surface area contributed by atoms with Crippen LogP contribution in [0.25, 0.3) is 0 Å². The molecule has 0 radical (unpaired) electrons. The van der Waals surface area contributed by atoms with Gasteiger partial charge < -0.3 is 15.0 Å². The SMILES string of the molecule is CCOc1ccc(S(=O)(=O)N(CC(=O)Nc2ccccc2C(=O)N2CCCCCC2)c2ccc(C)cc2)cc1. The Morgan fingerprint density at radius 1 is 0.897 bits per heavy atom. The van der Waals surface area contributed by atoms with Crippen molar-refractivity contribution in [1.29, 1.82) is 0 Å². The predicted octanol–water partition coefficient (Wildman–Crippen LogP) is 5.24. The number of carbonyl (C=O) groups excluding carboxylic acids is 2. The molecule has 0 spiro atoms. The summed E-state index contributed by atoms with van der Waals surface area (Å²) in [6, 6.07) is 19.9. The first-order valence-corrected chi connectivity index (χ1v) is 14.7. The number of para-hydroxylation sites is 1. The van der Waals surface area contributed by atoms with Crippen molar-refractivity contribution in [1.82, 2.24) is 4.90 Å². The highest BCUT2D eigenvalue weighted by Gasteiger charge is 2.28. The molecule has 0 bridgehead atoms. The van der Waals surface area contributed by atoms with Gasteiger partial charge in [-0.1, -0.05) is 42.7 Å². The number of ether oxygens (including phenoxy) is 1. The number of sulfonamides is 1. The van der Waals surface area contributed by atoms with Gasteiger partial charge in [-0.15, -0.1) is 0 Å². The fraction of sp³-hybridized carbons (Fsp3) is 0.333. The van der Waals surface area contributed by atoms with Gasteiger partial charge in [-0.3, -0.25) is 13.9 Å². The molecule has 0 unspecified atom stereocenters. The summed E-state index contributed by atoms with van der Waals surface area (Å²) in [6.07, 6.45) is 4.10. The zero-order valence-electron chi connectivity index (χ0n) is 22.4. The zero-order valence-corrected chi connectivity index (χ0v) is 23.2. The molecular formula is C30H35N3O5S. The van der Waals surface area contributed by atoms with E-state index in [4.69, 9.17) is 4.74 Å². The van der Waals surface area contributed by atoms with E-state index >= 15 is 0 Å². The molecule has 1 N–H and O–H groups in total. The van der Waals surface area contributed by atoms with Crippen molar-refractivity contribution in [3.05, 3.63) is 83.9 Å². The number of aryl methyl sites for hydroxylation is 1. The van der Waals surface area contributed by atoms with Crippen LogP contribution in [0.2, 0.25) is 0 Å². The lowest BCUT2D eigenvalue weighted by Crippen LogP contribution is -2.38. The molecule has 0 aromatic heterocycles. The molecule has 4 rings (SSSR count). The number of rotatable bonds is 9. The second-order valence-corrected chi connectivity index (χ2v) is 11.4. The molecule has 0 atom stereocenters. The Morgan fingerprint density at radius 3 is 2.18 bits per heavy atom. The summed E-state index contributed by atoms with van der Waals surface area (Å²) < 4.78 is 34.0. The Morgan fingerprint density at radius 2 is 1.54 bits per heavy atom. The number of nitrogens with one attached hydrogen (secondary N) is 1. The second kappa shape index (κ2) is 12.8. The van der Waals surface area contributed by atoms with Crippen molar-refractivity contribution < 1.29 is 22.7 Å². The van der Waals surface area contributed by atoms with Gasteiger partial charge in [-0.2, -0.15) is 0 Å². The number of anilines is 2. The van der Waals surface area contributed by atoms with Crippen molar-refractivity contribution in [2.45, 2.75) is 44.4 Å². The standard InChI is InChI=1S/C30H35N3O5S/c1-3-38-25-16-18-26(19-17-25)39(36,37)33(24-14-12-23(2)13-15-24)22-29(34)31-28-11-7-6-10-27(28)30(35)32-20-8-4-5-9-21-32/h6-7,10-19H,3-5,8-9,20-22H2,1-2H3,(H,31,34). The minimum atomic E-state index is -4.09. The molecule has 8 nitrogen and oxygen atoms in total. The van der Waals surface area contributed by atoms with Crippen LogP contribution in [0.1, 0.15) is 48.5 Å². The number of hydrogen-bond donors (Lipinski definition) is 1. The first kappa shape index (κ1) is 28.2. The molecule has 0 aliphatic carbocycles. The van der Waals surface area contributed by atoms with E-state index in [0.29, 0.717) is 42.4 Å².